The van der Waals surface area contributed by atoms with Crippen molar-refractivity contribution in [2.45, 2.75) is 30.0 Å². The maximum absolute atomic E-state index is 13.8. The third kappa shape index (κ3) is 3.50. The molecule has 10 heteroatoms. The minimum absolute atomic E-state index is 0.289. The van der Waals surface area contributed by atoms with Gasteiger partial charge in [0.2, 0.25) is 0 Å². The van der Waals surface area contributed by atoms with Crippen LogP contribution >= 0.6 is 11.8 Å². The number of alkyl halides is 2. The van der Waals surface area contributed by atoms with Crippen LogP contribution in [0.25, 0.3) is 11.0 Å². The molecule has 1 aliphatic heterocycles. The van der Waals surface area contributed by atoms with Gasteiger partial charge in [-0.3, -0.25) is 4.57 Å². The van der Waals surface area contributed by atoms with Gasteiger partial charge in [0.15, 0.2) is 28.6 Å². The number of benzene rings is 2. The predicted octanol–water partition coefficient (Wildman–Crippen LogP) is 4.93. The quantitative estimate of drug-likeness (QED) is 0.408. The molecule has 2 unspecified atom stereocenters. The Labute approximate surface area is 181 Å². The van der Waals surface area contributed by atoms with Crippen LogP contribution in [0, 0.1) is 0 Å². The van der Waals surface area contributed by atoms with E-state index in [-0.39, 0.29) is 11.1 Å². The first-order valence-corrected chi connectivity index (χ1v) is 10.6. The summed E-state index contributed by atoms with van der Waals surface area (Å²) in [5.74, 6) is 2.23. The molecule has 0 saturated carbocycles. The van der Waals surface area contributed by atoms with Gasteiger partial charge < -0.3 is 14.0 Å². The van der Waals surface area contributed by atoms with Crippen LogP contribution in [-0.4, -0.2) is 30.9 Å². The van der Waals surface area contributed by atoms with E-state index in [2.05, 4.69) is 15.2 Å². The van der Waals surface area contributed by atoms with Crippen LogP contribution in [-0.2, 0) is 7.05 Å². The van der Waals surface area contributed by atoms with Crippen molar-refractivity contribution < 1.29 is 18.3 Å². The van der Waals surface area contributed by atoms with Crippen LogP contribution in [0.15, 0.2) is 53.7 Å². The number of rotatable bonds is 5. The number of thioether (sulfide) groups is 1. The molecule has 0 aliphatic carbocycles. The Bertz CT molecular complexity index is 1240. The van der Waals surface area contributed by atoms with Crippen LogP contribution in [0.1, 0.15) is 36.5 Å². The van der Waals surface area contributed by atoms with Crippen molar-refractivity contribution in [1.82, 2.24) is 24.3 Å². The molecule has 2 aromatic carbocycles. The second kappa shape index (κ2) is 7.84. The molecule has 0 fully saturated rings. The third-order valence-electron chi connectivity index (χ3n) is 5.13. The largest absolute Gasteiger partial charge is 0.485 e. The lowest BCUT2D eigenvalue weighted by atomic mass is 10.2. The SMILES string of the molecule is CC(Sc1nnc(C2COc3ccccc3O2)n1C)c1nc2ccccc2n1C(F)F. The summed E-state index contributed by atoms with van der Waals surface area (Å²) in [7, 11) is 1.82. The highest BCUT2D eigenvalue weighted by Crippen LogP contribution is 2.39. The topological polar surface area (TPSA) is 67.0 Å². The maximum Gasteiger partial charge on any atom is 0.320 e. The third-order valence-corrected chi connectivity index (χ3v) is 6.26. The Morgan fingerprint density at radius 3 is 2.61 bits per heavy atom. The highest BCUT2D eigenvalue weighted by Gasteiger charge is 2.29. The molecule has 3 heterocycles. The monoisotopic (exact) mass is 443 g/mol. The van der Waals surface area contributed by atoms with Gasteiger partial charge in [0.1, 0.15) is 12.4 Å². The first-order valence-electron chi connectivity index (χ1n) is 9.72. The summed E-state index contributed by atoms with van der Waals surface area (Å²) < 4.78 is 42.1. The Hall–Kier alpha value is -3.14. The van der Waals surface area contributed by atoms with Gasteiger partial charge in [-0.25, -0.2) is 4.98 Å². The normalized spacial score (nSPS) is 16.7. The van der Waals surface area contributed by atoms with Gasteiger partial charge in [0.05, 0.1) is 16.3 Å². The molecule has 5 rings (SSSR count). The Kier molecular flexibility index (Phi) is 5.01. The molecule has 1 aliphatic rings. The number of nitrogens with zero attached hydrogens (tertiary/aromatic N) is 5. The molecular weight excluding hydrogens is 424 g/mol. The number of para-hydroxylation sites is 4. The number of fused-ring (bicyclic) bond motifs is 2. The zero-order valence-electron chi connectivity index (χ0n) is 16.8. The summed E-state index contributed by atoms with van der Waals surface area (Å²) in [6.45, 7) is -0.548. The molecule has 0 spiro atoms. The highest BCUT2D eigenvalue weighted by molar-refractivity contribution is 7.99. The fourth-order valence-electron chi connectivity index (χ4n) is 3.62. The maximum atomic E-state index is 13.8. The van der Waals surface area contributed by atoms with Gasteiger partial charge in [0.25, 0.3) is 0 Å². The van der Waals surface area contributed by atoms with Crippen LogP contribution in [0.2, 0.25) is 0 Å². The fourth-order valence-corrected chi connectivity index (χ4v) is 4.55. The number of halogens is 2. The van der Waals surface area contributed by atoms with Gasteiger partial charge in [-0.15, -0.1) is 10.2 Å². The minimum Gasteiger partial charge on any atom is -0.485 e. The molecule has 2 atom stereocenters. The van der Waals surface area contributed by atoms with E-state index >= 15 is 0 Å². The highest BCUT2D eigenvalue weighted by atomic mass is 32.2. The molecular formula is C21H19F2N5O2S. The Morgan fingerprint density at radius 2 is 1.81 bits per heavy atom. The number of imidazole rings is 1. The van der Waals surface area contributed by atoms with E-state index in [1.165, 1.54) is 11.8 Å². The van der Waals surface area contributed by atoms with E-state index in [0.29, 0.717) is 40.1 Å². The molecule has 0 N–H and O–H groups in total. The van der Waals surface area contributed by atoms with Crippen LogP contribution in [0.5, 0.6) is 11.5 Å². The van der Waals surface area contributed by atoms with Crippen molar-refractivity contribution in [3.63, 3.8) is 0 Å². The lowest BCUT2D eigenvalue weighted by Gasteiger charge is -2.25. The number of hydrogen-bond acceptors (Lipinski definition) is 6. The molecule has 4 aromatic rings. The van der Waals surface area contributed by atoms with Crippen molar-refractivity contribution in [1.29, 1.82) is 0 Å². The van der Waals surface area contributed by atoms with Gasteiger partial charge >= 0.3 is 6.55 Å². The Morgan fingerprint density at radius 1 is 1.06 bits per heavy atom. The van der Waals surface area contributed by atoms with Gasteiger partial charge in [-0.2, -0.15) is 8.78 Å². The lowest BCUT2D eigenvalue weighted by molar-refractivity contribution is 0.0715. The molecule has 31 heavy (non-hydrogen) atoms. The van der Waals surface area contributed by atoms with E-state index in [4.69, 9.17) is 9.47 Å². The van der Waals surface area contributed by atoms with Crippen molar-refractivity contribution in [3.05, 3.63) is 60.2 Å². The molecule has 0 bridgehead atoms. The standard InChI is InChI=1S/C21H19F2N5O2S/c1-12(18-24-13-7-3-4-8-14(13)28(18)20(22)23)31-21-26-25-19(27(21)2)17-11-29-15-9-5-6-10-16(15)30-17/h3-10,12,17,20H,11H2,1-2H3. The van der Waals surface area contributed by atoms with Crippen LogP contribution in [0.3, 0.4) is 0 Å². The van der Waals surface area contributed by atoms with E-state index in [9.17, 15) is 8.78 Å². The molecule has 160 valence electrons. The molecule has 0 amide bonds. The predicted molar refractivity (Wildman–Crippen MR) is 112 cm³/mol. The van der Waals surface area contributed by atoms with E-state index in [0.717, 1.165) is 4.57 Å². The smallest absolute Gasteiger partial charge is 0.320 e. The first kappa shape index (κ1) is 19.8. The van der Waals surface area contributed by atoms with Crippen molar-refractivity contribution in [2.24, 2.45) is 7.05 Å². The lowest BCUT2D eigenvalue weighted by Crippen LogP contribution is -2.24. The van der Waals surface area contributed by atoms with E-state index < -0.39 is 12.7 Å². The summed E-state index contributed by atoms with van der Waals surface area (Å²) in [5, 5.41) is 8.74. The van der Waals surface area contributed by atoms with Gasteiger partial charge in [-0.05, 0) is 31.2 Å². The van der Waals surface area contributed by atoms with Crippen molar-refractivity contribution >= 4 is 22.8 Å². The van der Waals surface area contributed by atoms with Crippen molar-refractivity contribution in [2.75, 3.05) is 6.61 Å². The average Bonchev–Trinajstić information content (AvgIpc) is 3.34. The van der Waals surface area contributed by atoms with E-state index in [1.807, 2.05) is 38.2 Å². The summed E-state index contributed by atoms with van der Waals surface area (Å²) in [5.41, 5.74) is 0.945. The second-order valence-electron chi connectivity index (χ2n) is 7.13. The first-order chi connectivity index (χ1) is 15.0. The Balaban J connectivity index is 1.40. The van der Waals surface area contributed by atoms with Crippen LogP contribution < -0.4 is 9.47 Å². The average molecular weight is 443 g/mol. The zero-order chi connectivity index (χ0) is 21.5. The van der Waals surface area contributed by atoms with Gasteiger partial charge in [0, 0.05) is 7.05 Å². The zero-order valence-corrected chi connectivity index (χ0v) is 17.6. The summed E-state index contributed by atoms with van der Waals surface area (Å²) in [6, 6.07) is 14.3. The number of aromatic nitrogens is 5. The molecule has 7 nitrogen and oxygen atoms in total. The fraction of sp³-hybridized carbons (Fsp3) is 0.286. The summed E-state index contributed by atoms with van der Waals surface area (Å²) in [4.78, 5) is 4.44. The number of hydrogen-bond donors (Lipinski definition) is 0. The molecule has 2 aromatic heterocycles. The van der Waals surface area contributed by atoms with Gasteiger partial charge in [-0.1, -0.05) is 36.0 Å². The number of ether oxygens (including phenoxy) is 2. The minimum atomic E-state index is -2.69. The second-order valence-corrected chi connectivity index (χ2v) is 8.44. The molecule has 0 radical (unpaired) electrons. The summed E-state index contributed by atoms with van der Waals surface area (Å²) >= 11 is 1.32. The van der Waals surface area contributed by atoms with Crippen LogP contribution in [0.4, 0.5) is 8.78 Å². The molecule has 0 saturated heterocycles. The van der Waals surface area contributed by atoms with E-state index in [1.54, 1.807) is 28.8 Å². The summed E-state index contributed by atoms with van der Waals surface area (Å²) in [6.07, 6.45) is -0.414. The van der Waals surface area contributed by atoms with Crippen molar-refractivity contribution in [3.8, 4) is 11.5 Å².